The van der Waals surface area contributed by atoms with Crippen molar-refractivity contribution in [1.29, 1.82) is 0 Å². The molecule has 0 atom stereocenters. The van der Waals surface area contributed by atoms with E-state index in [0.717, 1.165) is 17.8 Å². The van der Waals surface area contributed by atoms with Crippen LogP contribution >= 0.6 is 0 Å². The molecule has 4 nitrogen and oxygen atoms in total. The van der Waals surface area contributed by atoms with Crippen LogP contribution in [0, 0.1) is 6.92 Å². The summed E-state index contributed by atoms with van der Waals surface area (Å²) in [5.74, 6) is 0. The zero-order valence-corrected chi connectivity index (χ0v) is 7.70. The van der Waals surface area contributed by atoms with Crippen molar-refractivity contribution in [2.45, 2.75) is 13.8 Å². The Morgan fingerprint density at radius 1 is 1.75 bits per heavy atom. The van der Waals surface area contributed by atoms with Crippen molar-refractivity contribution in [2.75, 3.05) is 13.6 Å². The van der Waals surface area contributed by atoms with Gasteiger partial charge in [-0.3, -0.25) is 5.10 Å². The summed E-state index contributed by atoms with van der Waals surface area (Å²) in [7, 11) is 1.94. The molecule has 0 aliphatic carbocycles. The summed E-state index contributed by atoms with van der Waals surface area (Å²) in [4.78, 5) is 0. The number of hydrogen-bond acceptors (Lipinski definition) is 3. The fourth-order valence-corrected chi connectivity index (χ4v) is 0.733. The lowest BCUT2D eigenvalue weighted by Crippen LogP contribution is -2.09. The van der Waals surface area contributed by atoms with Crippen molar-refractivity contribution in [1.82, 2.24) is 15.2 Å². The first kappa shape index (κ1) is 8.77. The van der Waals surface area contributed by atoms with Crippen LogP contribution < -0.4 is 0 Å². The molecule has 0 unspecified atom stereocenters. The Morgan fingerprint density at radius 2 is 2.50 bits per heavy atom. The van der Waals surface area contributed by atoms with E-state index in [1.807, 2.05) is 25.2 Å². The molecule has 1 aromatic rings. The van der Waals surface area contributed by atoms with Crippen molar-refractivity contribution in [3.05, 3.63) is 17.5 Å². The van der Waals surface area contributed by atoms with Crippen LogP contribution in [0.15, 0.2) is 11.3 Å². The standard InChI is InChI=1S/C8H14N4/c1-4-12(3)10-6-8-5-9-11-7(8)2/h5-6H,4H2,1-3H3,(H,9,11)/b10-6+. The average molecular weight is 166 g/mol. The summed E-state index contributed by atoms with van der Waals surface area (Å²) in [6, 6.07) is 0. The molecule has 66 valence electrons. The molecule has 1 N–H and O–H groups in total. The van der Waals surface area contributed by atoms with Crippen LogP contribution in [-0.2, 0) is 0 Å². The molecule has 0 saturated heterocycles. The minimum absolute atomic E-state index is 0.910. The summed E-state index contributed by atoms with van der Waals surface area (Å²) < 4.78 is 0. The van der Waals surface area contributed by atoms with E-state index in [0.29, 0.717) is 0 Å². The molecular weight excluding hydrogens is 152 g/mol. The Morgan fingerprint density at radius 3 is 3.00 bits per heavy atom. The van der Waals surface area contributed by atoms with Gasteiger partial charge in [0.25, 0.3) is 0 Å². The zero-order valence-electron chi connectivity index (χ0n) is 7.70. The first-order valence-electron chi connectivity index (χ1n) is 3.99. The predicted octanol–water partition coefficient (Wildman–Crippen LogP) is 1.00. The molecule has 0 saturated carbocycles. The van der Waals surface area contributed by atoms with Gasteiger partial charge in [0.2, 0.25) is 0 Å². The summed E-state index contributed by atoms with van der Waals surface area (Å²) >= 11 is 0. The average Bonchev–Trinajstić information content (AvgIpc) is 2.47. The Kier molecular flexibility index (Phi) is 2.85. The van der Waals surface area contributed by atoms with Gasteiger partial charge in [-0.15, -0.1) is 0 Å². The minimum Gasteiger partial charge on any atom is -0.300 e. The van der Waals surface area contributed by atoms with Crippen LogP contribution in [0.2, 0.25) is 0 Å². The number of rotatable bonds is 3. The van der Waals surface area contributed by atoms with E-state index in [-0.39, 0.29) is 0 Å². The van der Waals surface area contributed by atoms with Gasteiger partial charge >= 0.3 is 0 Å². The maximum atomic E-state index is 4.19. The van der Waals surface area contributed by atoms with E-state index in [4.69, 9.17) is 0 Å². The highest BCUT2D eigenvalue weighted by Crippen LogP contribution is 1.98. The lowest BCUT2D eigenvalue weighted by atomic mass is 10.3. The minimum atomic E-state index is 0.910. The molecule has 0 radical (unpaired) electrons. The Labute approximate surface area is 72.3 Å². The van der Waals surface area contributed by atoms with E-state index in [1.54, 1.807) is 6.20 Å². The van der Waals surface area contributed by atoms with Crippen LogP contribution in [0.4, 0.5) is 0 Å². The monoisotopic (exact) mass is 166 g/mol. The summed E-state index contributed by atoms with van der Waals surface area (Å²) in [6.07, 6.45) is 3.57. The maximum absolute atomic E-state index is 4.19. The molecule has 0 aromatic carbocycles. The zero-order chi connectivity index (χ0) is 8.97. The second-order valence-electron chi connectivity index (χ2n) is 2.67. The van der Waals surface area contributed by atoms with E-state index in [9.17, 15) is 0 Å². The van der Waals surface area contributed by atoms with Gasteiger partial charge in [0.05, 0.1) is 12.4 Å². The normalized spacial score (nSPS) is 10.9. The Bertz CT molecular complexity index is 264. The number of nitrogens with one attached hydrogen (secondary N) is 1. The molecule has 0 spiro atoms. The number of H-pyrrole nitrogens is 1. The first-order chi connectivity index (χ1) is 5.74. The summed E-state index contributed by atoms with van der Waals surface area (Å²) in [5.41, 5.74) is 2.08. The van der Waals surface area contributed by atoms with Gasteiger partial charge in [0.15, 0.2) is 0 Å². The van der Waals surface area contributed by atoms with Gasteiger partial charge in [-0.05, 0) is 13.8 Å². The molecule has 1 aromatic heterocycles. The van der Waals surface area contributed by atoms with Gasteiger partial charge in [-0.25, -0.2) is 0 Å². The fourth-order valence-electron chi connectivity index (χ4n) is 0.733. The third-order valence-corrected chi connectivity index (χ3v) is 1.72. The predicted molar refractivity (Wildman–Crippen MR) is 49.2 cm³/mol. The number of aromatic nitrogens is 2. The van der Waals surface area contributed by atoms with Crippen LogP contribution in [-0.4, -0.2) is 35.0 Å². The number of hydrazone groups is 1. The molecule has 0 aliphatic rings. The van der Waals surface area contributed by atoms with Crippen molar-refractivity contribution >= 4 is 6.21 Å². The topological polar surface area (TPSA) is 44.3 Å². The van der Waals surface area contributed by atoms with Gasteiger partial charge in [-0.2, -0.15) is 10.2 Å². The van der Waals surface area contributed by atoms with E-state index < -0.39 is 0 Å². The highest BCUT2D eigenvalue weighted by molar-refractivity contribution is 5.80. The number of aryl methyl sites for hydroxylation is 1. The Balaban J connectivity index is 2.63. The van der Waals surface area contributed by atoms with E-state index in [1.165, 1.54) is 0 Å². The Hall–Kier alpha value is -1.32. The molecule has 12 heavy (non-hydrogen) atoms. The van der Waals surface area contributed by atoms with Crippen molar-refractivity contribution < 1.29 is 0 Å². The van der Waals surface area contributed by atoms with Crippen molar-refractivity contribution in [3.8, 4) is 0 Å². The van der Waals surface area contributed by atoms with Gasteiger partial charge in [0, 0.05) is 24.8 Å². The highest BCUT2D eigenvalue weighted by atomic mass is 15.4. The van der Waals surface area contributed by atoms with E-state index >= 15 is 0 Å². The van der Waals surface area contributed by atoms with Crippen molar-refractivity contribution in [2.24, 2.45) is 5.10 Å². The smallest absolute Gasteiger partial charge is 0.0578 e. The number of hydrogen-bond donors (Lipinski definition) is 1. The molecule has 4 heteroatoms. The molecular formula is C8H14N4. The number of nitrogens with zero attached hydrogens (tertiary/aromatic N) is 3. The fraction of sp³-hybridized carbons (Fsp3) is 0.500. The first-order valence-corrected chi connectivity index (χ1v) is 3.99. The van der Waals surface area contributed by atoms with Gasteiger partial charge < -0.3 is 5.01 Å². The molecule has 0 aliphatic heterocycles. The molecule has 0 amide bonds. The van der Waals surface area contributed by atoms with Crippen LogP contribution in [0.25, 0.3) is 0 Å². The highest BCUT2D eigenvalue weighted by Gasteiger charge is 1.95. The third kappa shape index (κ3) is 2.08. The molecule has 1 heterocycles. The lowest BCUT2D eigenvalue weighted by molar-refractivity contribution is 0.377. The molecule has 1 rings (SSSR count). The van der Waals surface area contributed by atoms with Crippen LogP contribution in [0.5, 0.6) is 0 Å². The van der Waals surface area contributed by atoms with Crippen LogP contribution in [0.3, 0.4) is 0 Å². The largest absolute Gasteiger partial charge is 0.300 e. The maximum Gasteiger partial charge on any atom is 0.0578 e. The molecule has 0 fully saturated rings. The van der Waals surface area contributed by atoms with Crippen LogP contribution in [0.1, 0.15) is 18.2 Å². The second kappa shape index (κ2) is 3.90. The molecule has 0 bridgehead atoms. The van der Waals surface area contributed by atoms with Gasteiger partial charge in [0.1, 0.15) is 0 Å². The summed E-state index contributed by atoms with van der Waals surface area (Å²) in [5, 5.41) is 12.8. The summed E-state index contributed by atoms with van der Waals surface area (Å²) in [6.45, 7) is 4.94. The lowest BCUT2D eigenvalue weighted by Gasteiger charge is -2.07. The van der Waals surface area contributed by atoms with Crippen molar-refractivity contribution in [3.63, 3.8) is 0 Å². The van der Waals surface area contributed by atoms with Gasteiger partial charge in [-0.1, -0.05) is 0 Å². The number of aromatic amines is 1. The second-order valence-corrected chi connectivity index (χ2v) is 2.67. The SMILES string of the molecule is CCN(C)/N=C/c1cn[nH]c1C. The third-order valence-electron chi connectivity index (χ3n) is 1.72. The quantitative estimate of drug-likeness (QED) is 0.538. The van der Waals surface area contributed by atoms with E-state index in [2.05, 4.69) is 22.2 Å².